The number of carbonyl (C=O) groups is 1. The molecular formula is C14H27ClN2O2. The van der Waals surface area contributed by atoms with Gasteiger partial charge in [0, 0.05) is 37.6 Å². The number of rotatable bonds is 5. The van der Waals surface area contributed by atoms with Crippen molar-refractivity contribution in [3.63, 3.8) is 0 Å². The molecule has 2 saturated carbocycles. The summed E-state index contributed by atoms with van der Waals surface area (Å²) < 4.78 is 5.81. The highest BCUT2D eigenvalue weighted by Gasteiger charge is 2.60. The van der Waals surface area contributed by atoms with Gasteiger partial charge < -0.3 is 15.4 Å². The van der Waals surface area contributed by atoms with E-state index < -0.39 is 0 Å². The van der Waals surface area contributed by atoms with Crippen LogP contribution in [0.15, 0.2) is 0 Å². The topological polar surface area (TPSA) is 55.6 Å². The molecule has 2 rings (SSSR count). The zero-order chi connectivity index (χ0) is 13.3. The molecule has 0 radical (unpaired) electrons. The van der Waals surface area contributed by atoms with Crippen LogP contribution in [0.2, 0.25) is 0 Å². The molecule has 2 aliphatic carbocycles. The molecule has 1 spiro atoms. The highest BCUT2D eigenvalue weighted by molar-refractivity contribution is 5.85. The number of hydrogen-bond acceptors (Lipinski definition) is 3. The molecule has 2 fully saturated rings. The van der Waals surface area contributed by atoms with Crippen LogP contribution in [0.25, 0.3) is 0 Å². The van der Waals surface area contributed by atoms with Gasteiger partial charge in [0.05, 0.1) is 6.10 Å². The second kappa shape index (κ2) is 6.42. The van der Waals surface area contributed by atoms with E-state index in [4.69, 9.17) is 10.5 Å². The van der Waals surface area contributed by atoms with Gasteiger partial charge in [-0.05, 0) is 33.1 Å². The van der Waals surface area contributed by atoms with E-state index in [1.165, 1.54) is 19.3 Å². The van der Waals surface area contributed by atoms with Gasteiger partial charge in [0.2, 0.25) is 5.91 Å². The minimum Gasteiger partial charge on any atom is -0.378 e. The third kappa shape index (κ3) is 2.91. The third-order valence-electron chi connectivity index (χ3n) is 4.75. The Morgan fingerprint density at radius 1 is 1.53 bits per heavy atom. The molecule has 5 heteroatoms. The second-order valence-electron chi connectivity index (χ2n) is 5.97. The fourth-order valence-corrected chi connectivity index (χ4v) is 3.54. The zero-order valence-electron chi connectivity index (χ0n) is 12.2. The van der Waals surface area contributed by atoms with Crippen LogP contribution in [0.1, 0.15) is 46.0 Å². The van der Waals surface area contributed by atoms with Crippen LogP contribution in [0.5, 0.6) is 0 Å². The van der Waals surface area contributed by atoms with Crippen molar-refractivity contribution in [2.75, 3.05) is 13.7 Å². The Morgan fingerprint density at radius 3 is 2.58 bits per heavy atom. The molecule has 3 atom stereocenters. The first kappa shape index (κ1) is 16.7. The van der Waals surface area contributed by atoms with E-state index in [1.54, 1.807) is 0 Å². The number of halogens is 1. The summed E-state index contributed by atoms with van der Waals surface area (Å²) in [6, 6.07) is 0.314. The summed E-state index contributed by atoms with van der Waals surface area (Å²) in [7, 11) is 1.93. The fourth-order valence-electron chi connectivity index (χ4n) is 3.54. The number of hydrogen-bond donors (Lipinski definition) is 1. The smallest absolute Gasteiger partial charge is 0.224 e. The van der Waals surface area contributed by atoms with Crippen molar-refractivity contribution >= 4 is 18.3 Å². The normalized spacial score (nSPS) is 28.8. The number of nitrogens with zero attached hydrogens (tertiary/aromatic N) is 1. The number of amides is 1. The van der Waals surface area contributed by atoms with E-state index in [0.29, 0.717) is 18.6 Å². The van der Waals surface area contributed by atoms with Gasteiger partial charge in [-0.2, -0.15) is 0 Å². The number of nitrogens with two attached hydrogens (primary N) is 1. The van der Waals surface area contributed by atoms with Gasteiger partial charge in [-0.25, -0.2) is 0 Å². The molecule has 0 aromatic rings. The molecule has 0 heterocycles. The first-order valence-corrected chi connectivity index (χ1v) is 7.14. The predicted molar refractivity (Wildman–Crippen MR) is 78.4 cm³/mol. The highest BCUT2D eigenvalue weighted by atomic mass is 35.5. The summed E-state index contributed by atoms with van der Waals surface area (Å²) in [6.45, 7) is 4.70. The lowest BCUT2D eigenvalue weighted by Crippen LogP contribution is -2.67. The minimum absolute atomic E-state index is 0. The quantitative estimate of drug-likeness (QED) is 0.842. The van der Waals surface area contributed by atoms with Crippen LogP contribution in [0.4, 0.5) is 0 Å². The van der Waals surface area contributed by atoms with Crippen LogP contribution < -0.4 is 5.73 Å². The molecule has 0 aliphatic heterocycles. The summed E-state index contributed by atoms with van der Waals surface area (Å²) in [5.74, 6) is 0.177. The predicted octanol–water partition coefficient (Wildman–Crippen LogP) is 1.95. The van der Waals surface area contributed by atoms with E-state index in [9.17, 15) is 4.79 Å². The lowest BCUT2D eigenvalue weighted by molar-refractivity contribution is -0.202. The number of ether oxygens (including phenoxy) is 1. The first-order valence-electron chi connectivity index (χ1n) is 7.14. The van der Waals surface area contributed by atoms with Gasteiger partial charge in [0.25, 0.3) is 0 Å². The maximum absolute atomic E-state index is 12.1. The summed E-state index contributed by atoms with van der Waals surface area (Å²) in [6.07, 6.45) is 5.50. The van der Waals surface area contributed by atoms with Crippen LogP contribution in [0, 0.1) is 5.41 Å². The summed E-state index contributed by atoms with van der Waals surface area (Å²) in [4.78, 5) is 14.0. The molecule has 112 valence electrons. The lowest BCUT2D eigenvalue weighted by Gasteiger charge is -2.63. The summed E-state index contributed by atoms with van der Waals surface area (Å²) >= 11 is 0. The molecule has 0 saturated heterocycles. The fraction of sp³-hybridized carbons (Fsp3) is 0.929. The third-order valence-corrected chi connectivity index (χ3v) is 4.75. The van der Waals surface area contributed by atoms with Crippen molar-refractivity contribution in [2.24, 2.45) is 11.1 Å². The Kier molecular flexibility index (Phi) is 5.65. The van der Waals surface area contributed by atoms with Gasteiger partial charge in [-0.1, -0.05) is 6.42 Å². The SMILES string of the molecule is CCOC1CC(N(C)C(=O)CC(C)N)C12CCC2.Cl. The van der Waals surface area contributed by atoms with Gasteiger partial charge in [-0.15, -0.1) is 12.4 Å². The molecular weight excluding hydrogens is 264 g/mol. The largest absolute Gasteiger partial charge is 0.378 e. The highest BCUT2D eigenvalue weighted by Crippen LogP contribution is 2.58. The monoisotopic (exact) mass is 290 g/mol. The zero-order valence-corrected chi connectivity index (χ0v) is 13.0. The first-order chi connectivity index (χ1) is 8.51. The van der Waals surface area contributed by atoms with E-state index >= 15 is 0 Å². The van der Waals surface area contributed by atoms with Crippen molar-refractivity contribution in [1.82, 2.24) is 4.90 Å². The van der Waals surface area contributed by atoms with Crippen molar-refractivity contribution in [3.8, 4) is 0 Å². The molecule has 4 nitrogen and oxygen atoms in total. The molecule has 19 heavy (non-hydrogen) atoms. The lowest BCUT2D eigenvalue weighted by atomic mass is 9.50. The van der Waals surface area contributed by atoms with Crippen LogP contribution in [-0.2, 0) is 9.53 Å². The molecule has 2 aliphatic rings. The molecule has 0 bridgehead atoms. The summed E-state index contributed by atoms with van der Waals surface area (Å²) in [5.41, 5.74) is 5.97. The Hall–Kier alpha value is -0.320. The standard InChI is InChI=1S/C14H26N2O2.ClH/c1-4-18-12-9-11(14(12)6-5-7-14)16(3)13(17)8-10(2)15;/h10-12H,4-9,15H2,1-3H3;1H. The van der Waals surface area contributed by atoms with Crippen molar-refractivity contribution in [3.05, 3.63) is 0 Å². The van der Waals surface area contributed by atoms with Crippen molar-refractivity contribution in [1.29, 1.82) is 0 Å². The molecule has 2 N–H and O–H groups in total. The van der Waals surface area contributed by atoms with E-state index in [0.717, 1.165) is 13.0 Å². The van der Waals surface area contributed by atoms with Crippen molar-refractivity contribution < 1.29 is 9.53 Å². The Bertz CT molecular complexity index is 319. The van der Waals surface area contributed by atoms with E-state index in [2.05, 4.69) is 0 Å². The average molecular weight is 291 g/mol. The van der Waals surface area contributed by atoms with Gasteiger partial charge >= 0.3 is 0 Å². The molecule has 0 aromatic carbocycles. The second-order valence-corrected chi connectivity index (χ2v) is 5.97. The van der Waals surface area contributed by atoms with Gasteiger partial charge in [0.15, 0.2) is 0 Å². The average Bonchev–Trinajstić information content (AvgIpc) is 2.19. The minimum atomic E-state index is -0.0555. The molecule has 3 unspecified atom stereocenters. The Balaban J connectivity index is 0.00000180. The Labute approximate surface area is 122 Å². The summed E-state index contributed by atoms with van der Waals surface area (Å²) in [5, 5.41) is 0. The molecule has 0 aromatic heterocycles. The maximum atomic E-state index is 12.1. The molecule has 1 amide bonds. The van der Waals surface area contributed by atoms with Gasteiger partial charge in [-0.3, -0.25) is 4.79 Å². The van der Waals surface area contributed by atoms with Crippen molar-refractivity contribution in [2.45, 2.75) is 64.1 Å². The van der Waals surface area contributed by atoms with E-state index in [1.807, 2.05) is 25.8 Å². The van der Waals surface area contributed by atoms with Crippen LogP contribution in [-0.4, -0.2) is 42.6 Å². The van der Waals surface area contributed by atoms with Crippen LogP contribution in [0.3, 0.4) is 0 Å². The Morgan fingerprint density at radius 2 is 2.16 bits per heavy atom. The van der Waals surface area contributed by atoms with Gasteiger partial charge in [0.1, 0.15) is 0 Å². The van der Waals surface area contributed by atoms with Crippen LogP contribution >= 0.6 is 12.4 Å². The number of carbonyl (C=O) groups excluding carboxylic acids is 1. The maximum Gasteiger partial charge on any atom is 0.224 e. The van der Waals surface area contributed by atoms with E-state index in [-0.39, 0.29) is 29.8 Å².